The summed E-state index contributed by atoms with van der Waals surface area (Å²) in [6.45, 7) is 4.72. The Morgan fingerprint density at radius 2 is 1.04 bits per heavy atom. The number of amides is 1. The summed E-state index contributed by atoms with van der Waals surface area (Å²) in [6, 6.07) is -0.861. The summed E-state index contributed by atoms with van der Waals surface area (Å²) in [5.74, 6) is -0.192. The van der Waals surface area contributed by atoms with Gasteiger partial charge in [0.15, 0.2) is 0 Å². The molecule has 56 heavy (non-hydrogen) atoms. The summed E-state index contributed by atoms with van der Waals surface area (Å²) in [7, 11) is 1.55. The van der Waals surface area contributed by atoms with E-state index in [1.807, 2.05) is 27.2 Å². The molecule has 0 aromatic rings. The SMILES string of the molecule is CCCCC/C=C/CC/C=C/C(O)C(COP(=O)(O)OCC[N+](C)(C)C)NC(=O)CCCCCCCCCCCCCCC/C=C\C/C=C\CCCCCCC. The Hall–Kier alpha value is -1.54. The lowest BCUT2D eigenvalue weighted by atomic mass is 10.0. The molecule has 0 aromatic heterocycles. The second kappa shape index (κ2) is 38.9. The fourth-order valence-corrected chi connectivity index (χ4v) is 7.06. The third kappa shape index (κ3) is 40.6. The van der Waals surface area contributed by atoms with Crippen LogP contribution in [0.4, 0.5) is 0 Å². The molecule has 0 saturated heterocycles. The third-order valence-corrected chi connectivity index (χ3v) is 11.0. The molecule has 0 aliphatic carbocycles. The van der Waals surface area contributed by atoms with E-state index in [0.717, 1.165) is 44.9 Å². The van der Waals surface area contributed by atoms with Gasteiger partial charge in [0.1, 0.15) is 13.2 Å². The number of phosphoric ester groups is 1. The molecule has 0 spiro atoms. The van der Waals surface area contributed by atoms with Gasteiger partial charge in [-0.3, -0.25) is 13.8 Å². The first-order chi connectivity index (χ1) is 27.0. The molecule has 3 unspecified atom stereocenters. The summed E-state index contributed by atoms with van der Waals surface area (Å²) < 4.78 is 23.5. The van der Waals surface area contributed by atoms with Crippen molar-refractivity contribution >= 4 is 13.7 Å². The van der Waals surface area contributed by atoms with Gasteiger partial charge in [-0.2, -0.15) is 0 Å². The van der Waals surface area contributed by atoms with Crippen molar-refractivity contribution in [1.29, 1.82) is 0 Å². The van der Waals surface area contributed by atoms with Crippen LogP contribution in [0.2, 0.25) is 0 Å². The van der Waals surface area contributed by atoms with Crippen LogP contribution in [-0.4, -0.2) is 73.4 Å². The van der Waals surface area contributed by atoms with Crippen LogP contribution < -0.4 is 5.32 Å². The normalized spacial score (nSPS) is 14.8. The number of nitrogens with one attached hydrogen (secondary N) is 1. The van der Waals surface area contributed by atoms with Crippen molar-refractivity contribution in [3.05, 3.63) is 48.6 Å². The predicted molar refractivity (Wildman–Crippen MR) is 240 cm³/mol. The lowest BCUT2D eigenvalue weighted by Gasteiger charge is -2.25. The van der Waals surface area contributed by atoms with Gasteiger partial charge in [-0.25, -0.2) is 4.57 Å². The molecule has 3 N–H and O–H groups in total. The van der Waals surface area contributed by atoms with Crippen molar-refractivity contribution in [1.82, 2.24) is 5.32 Å². The number of allylic oxidation sites excluding steroid dienone is 7. The first-order valence-electron chi connectivity index (χ1n) is 23.0. The first kappa shape index (κ1) is 54.5. The van der Waals surface area contributed by atoms with Gasteiger partial charge in [0.05, 0.1) is 39.9 Å². The van der Waals surface area contributed by atoms with Crippen molar-refractivity contribution in [2.24, 2.45) is 0 Å². The zero-order valence-electron chi connectivity index (χ0n) is 37.1. The van der Waals surface area contributed by atoms with E-state index in [-0.39, 0.29) is 19.1 Å². The van der Waals surface area contributed by atoms with Gasteiger partial charge in [-0.15, -0.1) is 0 Å². The number of quaternary nitrogens is 1. The van der Waals surface area contributed by atoms with E-state index in [1.54, 1.807) is 6.08 Å². The predicted octanol–water partition coefficient (Wildman–Crippen LogP) is 12.9. The molecule has 328 valence electrons. The number of aliphatic hydroxyl groups is 1. The molecule has 0 aliphatic heterocycles. The number of unbranched alkanes of at least 4 members (excludes halogenated alkanes) is 22. The Morgan fingerprint density at radius 3 is 1.57 bits per heavy atom. The van der Waals surface area contributed by atoms with Crippen molar-refractivity contribution < 1.29 is 32.9 Å². The molecule has 0 bridgehead atoms. The fourth-order valence-electron chi connectivity index (χ4n) is 6.32. The molecule has 0 aliphatic rings. The highest BCUT2D eigenvalue weighted by Gasteiger charge is 2.27. The molecule has 0 aromatic carbocycles. The number of hydrogen-bond acceptors (Lipinski definition) is 5. The van der Waals surface area contributed by atoms with Crippen molar-refractivity contribution in [2.75, 3.05) is 40.9 Å². The number of rotatable bonds is 41. The highest BCUT2D eigenvalue weighted by molar-refractivity contribution is 7.47. The Balaban J connectivity index is 4.17. The number of hydrogen-bond donors (Lipinski definition) is 3. The van der Waals surface area contributed by atoms with Gasteiger partial charge in [0.2, 0.25) is 5.91 Å². The minimum absolute atomic E-state index is 0.0549. The number of nitrogens with zero attached hydrogens (tertiary/aromatic N) is 1. The molecule has 8 nitrogen and oxygen atoms in total. The number of phosphoric acid groups is 1. The molecular weight excluding hydrogens is 719 g/mol. The van der Waals surface area contributed by atoms with Crippen LogP contribution in [0.25, 0.3) is 0 Å². The van der Waals surface area contributed by atoms with Gasteiger partial charge in [-0.1, -0.05) is 172 Å². The van der Waals surface area contributed by atoms with Gasteiger partial charge in [0.25, 0.3) is 0 Å². The number of carbonyl (C=O) groups excluding carboxylic acids is 1. The van der Waals surface area contributed by atoms with Crippen LogP contribution in [0.15, 0.2) is 48.6 Å². The van der Waals surface area contributed by atoms with Crippen molar-refractivity contribution in [3.63, 3.8) is 0 Å². The van der Waals surface area contributed by atoms with Gasteiger partial charge >= 0.3 is 7.82 Å². The smallest absolute Gasteiger partial charge is 0.387 e. The van der Waals surface area contributed by atoms with Crippen LogP contribution in [0, 0.1) is 0 Å². The van der Waals surface area contributed by atoms with E-state index in [2.05, 4.69) is 55.6 Å². The highest BCUT2D eigenvalue weighted by atomic mass is 31.2. The van der Waals surface area contributed by atoms with Crippen molar-refractivity contribution in [2.45, 2.75) is 206 Å². The summed E-state index contributed by atoms with van der Waals surface area (Å²) in [5, 5.41) is 13.7. The van der Waals surface area contributed by atoms with Crippen LogP contribution >= 0.6 is 7.82 Å². The average Bonchev–Trinajstić information content (AvgIpc) is 3.15. The van der Waals surface area contributed by atoms with E-state index in [1.165, 1.54) is 128 Å². The number of likely N-dealkylation sites (N-methyl/N-ethyl adjacent to an activating group) is 1. The lowest BCUT2D eigenvalue weighted by Crippen LogP contribution is -2.45. The molecule has 1 amide bonds. The number of carbonyl (C=O) groups is 1. The fraction of sp³-hybridized carbons (Fsp3) is 0.809. The zero-order chi connectivity index (χ0) is 41.4. The minimum Gasteiger partial charge on any atom is -0.387 e. The van der Waals surface area contributed by atoms with Crippen LogP contribution in [0.1, 0.15) is 194 Å². The Morgan fingerprint density at radius 1 is 0.607 bits per heavy atom. The van der Waals surface area contributed by atoms with Crippen LogP contribution in [0.5, 0.6) is 0 Å². The third-order valence-electron chi connectivity index (χ3n) is 10.0. The van der Waals surface area contributed by atoms with Crippen molar-refractivity contribution in [3.8, 4) is 0 Å². The Kier molecular flexibility index (Phi) is 37.9. The summed E-state index contributed by atoms with van der Waals surface area (Å²) in [4.78, 5) is 23.1. The molecule has 0 saturated carbocycles. The van der Waals surface area contributed by atoms with Gasteiger partial charge in [-0.05, 0) is 64.2 Å². The van der Waals surface area contributed by atoms with E-state index in [9.17, 15) is 19.4 Å². The quantitative estimate of drug-likeness (QED) is 0.0246. The van der Waals surface area contributed by atoms with Crippen LogP contribution in [-0.2, 0) is 18.4 Å². The standard InChI is InChI=1S/C47H89N2O6P/c1-6-8-10-12-14-16-17-18-19-20-21-22-23-24-25-26-27-28-29-30-31-33-35-37-39-41-47(51)48-45(44-55-56(52,53)54-43-42-49(3,4)5)46(50)40-38-36-34-32-15-13-11-9-7-2/h15,17-18,20-21,32,38,40,45-46,50H,6-14,16,19,22-31,33-37,39,41-44H2,1-5H3,(H-,48,51,52,53)/p+1/b18-17-,21-20-,32-15+,40-38+. The topological polar surface area (TPSA) is 105 Å². The second-order valence-electron chi connectivity index (χ2n) is 16.8. The Labute approximate surface area is 346 Å². The van der Waals surface area contributed by atoms with Gasteiger partial charge < -0.3 is 19.8 Å². The minimum atomic E-state index is -4.34. The largest absolute Gasteiger partial charge is 0.472 e. The number of aliphatic hydroxyl groups excluding tert-OH is 1. The highest BCUT2D eigenvalue weighted by Crippen LogP contribution is 2.43. The maximum atomic E-state index is 12.8. The summed E-state index contributed by atoms with van der Waals surface area (Å²) >= 11 is 0. The van der Waals surface area contributed by atoms with E-state index < -0.39 is 20.0 Å². The van der Waals surface area contributed by atoms with Gasteiger partial charge in [0, 0.05) is 6.42 Å². The Bertz CT molecular complexity index is 1050. The molecule has 0 heterocycles. The molecule has 0 rings (SSSR count). The molecular formula is C47H90N2O6P+. The second-order valence-corrected chi connectivity index (χ2v) is 18.2. The summed E-state index contributed by atoms with van der Waals surface area (Å²) in [6.07, 6.45) is 49.2. The summed E-state index contributed by atoms with van der Waals surface area (Å²) in [5.41, 5.74) is 0. The average molecular weight is 810 g/mol. The maximum Gasteiger partial charge on any atom is 0.472 e. The molecule has 9 heteroatoms. The van der Waals surface area contributed by atoms with Crippen LogP contribution in [0.3, 0.4) is 0 Å². The van der Waals surface area contributed by atoms with E-state index in [4.69, 9.17) is 9.05 Å². The first-order valence-corrected chi connectivity index (χ1v) is 24.5. The zero-order valence-corrected chi connectivity index (χ0v) is 38.0. The maximum absolute atomic E-state index is 12.8. The molecule has 0 radical (unpaired) electrons. The van der Waals surface area contributed by atoms with E-state index >= 15 is 0 Å². The monoisotopic (exact) mass is 810 g/mol. The lowest BCUT2D eigenvalue weighted by molar-refractivity contribution is -0.870. The van der Waals surface area contributed by atoms with E-state index in [0.29, 0.717) is 17.4 Å². The molecule has 0 fully saturated rings. The molecule has 3 atom stereocenters.